The number of aliphatic hydroxyl groups is 1. The average Bonchev–Trinajstić information content (AvgIpc) is 1.87. The molecule has 1 nitrogen and oxygen atoms in total. The summed E-state index contributed by atoms with van der Waals surface area (Å²) in [5, 5.41) is 9.08. The van der Waals surface area contributed by atoms with Gasteiger partial charge < -0.3 is 5.11 Å². The van der Waals surface area contributed by atoms with Gasteiger partial charge in [-0.15, -0.1) is 0 Å². The second-order valence-electron chi connectivity index (χ2n) is 2.59. The predicted octanol–water partition coefficient (Wildman–Crippen LogP) is 1.71. The first-order valence-electron chi connectivity index (χ1n) is 3.49. The highest BCUT2D eigenvalue weighted by molar-refractivity contribution is 7.80. The Kier molecular flexibility index (Phi) is 5.30. The molecule has 1 N–H and O–H groups in total. The number of thiol groups is 1. The minimum Gasteiger partial charge on any atom is -0.392 e. The lowest BCUT2D eigenvalue weighted by molar-refractivity contribution is 0.168. The highest BCUT2D eigenvalue weighted by Crippen LogP contribution is 2.09. The molecular weight excluding hydrogens is 132 g/mol. The minimum atomic E-state index is -0.205. The normalized spacial score (nSPS) is 17.3. The van der Waals surface area contributed by atoms with Gasteiger partial charge in [0.25, 0.3) is 0 Å². The van der Waals surface area contributed by atoms with Crippen molar-refractivity contribution in [1.82, 2.24) is 0 Å². The van der Waals surface area contributed by atoms with Gasteiger partial charge in [0.2, 0.25) is 0 Å². The standard InChI is InChI=1S/C7H16OS/c1-3-6(2)4-7(8)5-9/h6-9H,3-5H2,1-2H3. The van der Waals surface area contributed by atoms with E-state index in [0.717, 1.165) is 12.8 Å². The molecule has 0 amide bonds. The van der Waals surface area contributed by atoms with Gasteiger partial charge in [-0.2, -0.15) is 12.6 Å². The molecule has 0 spiro atoms. The molecule has 0 aromatic rings. The van der Waals surface area contributed by atoms with Gasteiger partial charge in [0.1, 0.15) is 0 Å². The van der Waals surface area contributed by atoms with Crippen LogP contribution in [0.4, 0.5) is 0 Å². The third-order valence-electron chi connectivity index (χ3n) is 1.58. The van der Waals surface area contributed by atoms with Crippen LogP contribution in [0.5, 0.6) is 0 Å². The Morgan fingerprint density at radius 2 is 2.11 bits per heavy atom. The highest BCUT2D eigenvalue weighted by Gasteiger charge is 2.05. The largest absolute Gasteiger partial charge is 0.392 e. The van der Waals surface area contributed by atoms with E-state index in [1.165, 1.54) is 0 Å². The molecule has 2 unspecified atom stereocenters. The Hall–Kier alpha value is 0.310. The molecule has 0 bridgehead atoms. The van der Waals surface area contributed by atoms with E-state index in [1.807, 2.05) is 0 Å². The maximum atomic E-state index is 9.08. The lowest BCUT2D eigenvalue weighted by Crippen LogP contribution is -2.12. The Labute approximate surface area is 62.9 Å². The molecule has 0 saturated heterocycles. The zero-order valence-corrected chi connectivity index (χ0v) is 7.06. The first-order chi connectivity index (χ1) is 4.20. The summed E-state index contributed by atoms with van der Waals surface area (Å²) in [6.45, 7) is 4.28. The maximum Gasteiger partial charge on any atom is 0.0630 e. The molecule has 0 aliphatic carbocycles. The van der Waals surface area contributed by atoms with E-state index in [2.05, 4.69) is 26.5 Å². The van der Waals surface area contributed by atoms with E-state index >= 15 is 0 Å². The average molecular weight is 148 g/mol. The molecule has 0 aromatic carbocycles. The van der Waals surface area contributed by atoms with Gasteiger partial charge >= 0.3 is 0 Å². The molecule has 0 aliphatic rings. The molecule has 56 valence electrons. The zero-order chi connectivity index (χ0) is 7.28. The summed E-state index contributed by atoms with van der Waals surface area (Å²) in [4.78, 5) is 0. The van der Waals surface area contributed by atoms with E-state index < -0.39 is 0 Å². The molecule has 2 atom stereocenters. The third kappa shape index (κ3) is 4.79. The van der Waals surface area contributed by atoms with Crippen molar-refractivity contribution in [3.63, 3.8) is 0 Å². The van der Waals surface area contributed by atoms with Crippen LogP contribution in [-0.4, -0.2) is 17.0 Å². The Morgan fingerprint density at radius 1 is 1.56 bits per heavy atom. The van der Waals surface area contributed by atoms with Crippen molar-refractivity contribution in [1.29, 1.82) is 0 Å². The maximum absolute atomic E-state index is 9.08. The van der Waals surface area contributed by atoms with Crippen molar-refractivity contribution in [2.24, 2.45) is 5.92 Å². The summed E-state index contributed by atoms with van der Waals surface area (Å²) >= 11 is 3.98. The molecule has 0 fully saturated rings. The zero-order valence-electron chi connectivity index (χ0n) is 6.17. The smallest absolute Gasteiger partial charge is 0.0630 e. The lowest BCUT2D eigenvalue weighted by atomic mass is 10.0. The van der Waals surface area contributed by atoms with Crippen LogP contribution in [0.1, 0.15) is 26.7 Å². The summed E-state index contributed by atoms with van der Waals surface area (Å²) in [5.41, 5.74) is 0. The molecular formula is C7H16OS. The quantitative estimate of drug-likeness (QED) is 0.582. The van der Waals surface area contributed by atoms with Gasteiger partial charge in [-0.1, -0.05) is 20.3 Å². The van der Waals surface area contributed by atoms with Crippen molar-refractivity contribution in [3.05, 3.63) is 0 Å². The van der Waals surface area contributed by atoms with E-state index in [0.29, 0.717) is 11.7 Å². The molecule has 0 saturated carbocycles. The summed E-state index contributed by atoms with van der Waals surface area (Å²) < 4.78 is 0. The fourth-order valence-corrected chi connectivity index (χ4v) is 0.855. The van der Waals surface area contributed by atoms with Gasteiger partial charge in [-0.3, -0.25) is 0 Å². The highest BCUT2D eigenvalue weighted by atomic mass is 32.1. The van der Waals surface area contributed by atoms with Crippen LogP contribution in [0.15, 0.2) is 0 Å². The second kappa shape index (κ2) is 5.12. The van der Waals surface area contributed by atoms with Crippen molar-refractivity contribution in [2.45, 2.75) is 32.8 Å². The van der Waals surface area contributed by atoms with Crippen LogP contribution in [0, 0.1) is 5.92 Å². The van der Waals surface area contributed by atoms with E-state index in [9.17, 15) is 0 Å². The van der Waals surface area contributed by atoms with Crippen LogP contribution < -0.4 is 0 Å². The van der Waals surface area contributed by atoms with Crippen molar-refractivity contribution in [3.8, 4) is 0 Å². The van der Waals surface area contributed by atoms with Crippen LogP contribution in [0.2, 0.25) is 0 Å². The van der Waals surface area contributed by atoms with Crippen LogP contribution >= 0.6 is 12.6 Å². The molecule has 0 radical (unpaired) electrons. The summed E-state index contributed by atoms with van der Waals surface area (Å²) in [6.07, 6.45) is 1.83. The van der Waals surface area contributed by atoms with E-state index in [4.69, 9.17) is 5.11 Å². The second-order valence-corrected chi connectivity index (χ2v) is 2.95. The molecule has 2 heteroatoms. The summed E-state index contributed by atoms with van der Waals surface area (Å²) in [5.74, 6) is 1.22. The lowest BCUT2D eigenvalue weighted by Gasteiger charge is -2.11. The number of hydrogen-bond donors (Lipinski definition) is 2. The Bertz CT molecular complexity index is 57.9. The Balaban J connectivity index is 3.22. The van der Waals surface area contributed by atoms with Crippen LogP contribution in [0.25, 0.3) is 0 Å². The number of aliphatic hydroxyl groups excluding tert-OH is 1. The predicted molar refractivity (Wildman–Crippen MR) is 43.9 cm³/mol. The van der Waals surface area contributed by atoms with Crippen molar-refractivity contribution in [2.75, 3.05) is 5.75 Å². The van der Waals surface area contributed by atoms with Gasteiger partial charge in [-0.05, 0) is 12.3 Å². The molecule has 0 aliphatic heterocycles. The number of hydrogen-bond acceptors (Lipinski definition) is 2. The molecule has 0 rings (SSSR count). The Morgan fingerprint density at radius 3 is 2.44 bits per heavy atom. The van der Waals surface area contributed by atoms with Gasteiger partial charge in [0.05, 0.1) is 6.10 Å². The van der Waals surface area contributed by atoms with Crippen molar-refractivity contribution >= 4 is 12.6 Å². The molecule has 9 heavy (non-hydrogen) atoms. The van der Waals surface area contributed by atoms with E-state index in [-0.39, 0.29) is 6.10 Å². The topological polar surface area (TPSA) is 20.2 Å². The van der Waals surface area contributed by atoms with Gasteiger partial charge in [0.15, 0.2) is 0 Å². The number of rotatable bonds is 4. The van der Waals surface area contributed by atoms with Gasteiger partial charge in [-0.25, -0.2) is 0 Å². The first kappa shape index (κ1) is 9.31. The summed E-state index contributed by atoms with van der Waals surface area (Å²) in [6, 6.07) is 0. The van der Waals surface area contributed by atoms with E-state index in [1.54, 1.807) is 0 Å². The fourth-order valence-electron chi connectivity index (χ4n) is 0.706. The SMILES string of the molecule is CCC(C)CC(O)CS. The molecule has 0 heterocycles. The first-order valence-corrected chi connectivity index (χ1v) is 4.12. The van der Waals surface area contributed by atoms with Crippen LogP contribution in [0.3, 0.4) is 0 Å². The summed E-state index contributed by atoms with van der Waals surface area (Å²) in [7, 11) is 0. The third-order valence-corrected chi connectivity index (χ3v) is 2.00. The van der Waals surface area contributed by atoms with Crippen molar-refractivity contribution < 1.29 is 5.11 Å². The fraction of sp³-hybridized carbons (Fsp3) is 1.00. The molecule has 0 aromatic heterocycles. The minimum absolute atomic E-state index is 0.205. The van der Waals surface area contributed by atoms with Crippen LogP contribution in [-0.2, 0) is 0 Å². The monoisotopic (exact) mass is 148 g/mol. The van der Waals surface area contributed by atoms with Gasteiger partial charge in [0, 0.05) is 5.75 Å².